The molecule has 0 aliphatic rings. The molecule has 10 heteroatoms. The summed E-state index contributed by atoms with van der Waals surface area (Å²) in [4.78, 5) is 4.56. The van der Waals surface area contributed by atoms with Crippen LogP contribution in [-0.4, -0.2) is 4.98 Å². The summed E-state index contributed by atoms with van der Waals surface area (Å²) in [7, 11) is 0. The number of nitrogens with zero attached hydrogens (tertiary/aromatic N) is 1. The molecule has 0 saturated carbocycles. The van der Waals surface area contributed by atoms with Crippen LogP contribution in [0.3, 0.4) is 0 Å². The Balaban J connectivity index is 0.000000105. The van der Waals surface area contributed by atoms with Crippen molar-refractivity contribution in [3.63, 3.8) is 0 Å². The molecule has 0 amide bonds. The van der Waals surface area contributed by atoms with Crippen molar-refractivity contribution in [3.8, 4) is 55.6 Å². The molecule has 115 heavy (non-hydrogen) atoms. The normalized spacial score (nSPS) is 11.7. The number of thiazole rings is 1. The number of fused-ring (bicyclic) bond motifs is 18. The van der Waals surface area contributed by atoms with E-state index in [9.17, 15) is 0 Å². The van der Waals surface area contributed by atoms with Gasteiger partial charge in [-0.2, -0.15) is 0 Å². The van der Waals surface area contributed by atoms with Gasteiger partial charge in [0.05, 0.1) is 15.7 Å². The second-order valence-electron chi connectivity index (χ2n) is 29.1. The van der Waals surface area contributed by atoms with Crippen LogP contribution in [-0.2, 0) is 0 Å². The van der Waals surface area contributed by atoms with Crippen molar-refractivity contribution < 1.29 is 8.83 Å². The molecule has 6 heterocycles. The molecule has 3 N–H and O–H groups in total. The minimum atomic E-state index is 0.901. The molecule has 542 valence electrons. The molecule has 0 radical (unpaired) electrons. The highest BCUT2D eigenvalue weighted by atomic mass is 32.1. The summed E-state index contributed by atoms with van der Waals surface area (Å²) < 4.78 is 21.5. The first-order chi connectivity index (χ1) is 56.9. The Morgan fingerprint density at radius 1 is 0.235 bits per heavy atom. The van der Waals surface area contributed by atoms with Gasteiger partial charge in [0.15, 0.2) is 0 Å². The molecule has 0 bridgehead atoms. The first-order valence-corrected chi connectivity index (χ1v) is 41.8. The van der Waals surface area contributed by atoms with Crippen LogP contribution >= 0.6 is 45.3 Å². The number of furan rings is 2. The highest BCUT2D eigenvalue weighted by Crippen LogP contribution is 2.49. The molecule has 0 aliphatic carbocycles. The second-order valence-corrected chi connectivity index (χ2v) is 33.2. The number of nitrogens with one attached hydrogen (secondary N) is 3. The SMILES string of the molecule is c1ccc(-c2ccc(-c3cc(Nc4ccc5c(c4)sc4ccccc45)cc4c3oc3ccccc34)cc2)cc1.c1ccc2c(c1)oc1ccc(Nc3cc(-c4ccc5scnc5c4)c4sc5ccccc5c4c3)cc12.c1ccc2cc(-c3ccc(Nc4ccc5c(sc6ccccc65)c4-c4cccc5ccccc45)cc3)ccc2c1. The molecule has 24 rings (SSSR count). The summed E-state index contributed by atoms with van der Waals surface area (Å²) >= 11 is 7.24. The molecule has 0 atom stereocenters. The van der Waals surface area contributed by atoms with Crippen LogP contribution in [0.2, 0.25) is 0 Å². The van der Waals surface area contributed by atoms with Crippen molar-refractivity contribution in [2.24, 2.45) is 0 Å². The van der Waals surface area contributed by atoms with Gasteiger partial charge in [0, 0.05) is 133 Å². The molecular weight excluding hydrogens is 1480 g/mol. The minimum Gasteiger partial charge on any atom is -0.456 e. The van der Waals surface area contributed by atoms with E-state index < -0.39 is 0 Å². The van der Waals surface area contributed by atoms with E-state index in [2.05, 4.69) is 361 Å². The fourth-order valence-electron chi connectivity index (χ4n) is 16.5. The number of benzene rings is 18. The van der Waals surface area contributed by atoms with Gasteiger partial charge in [-0.1, -0.05) is 255 Å². The maximum absolute atomic E-state index is 6.42. The average molecular weight is 1540 g/mol. The predicted octanol–water partition coefficient (Wildman–Crippen LogP) is 32.4. The van der Waals surface area contributed by atoms with Crippen molar-refractivity contribution >= 4 is 216 Å². The van der Waals surface area contributed by atoms with Crippen LogP contribution < -0.4 is 16.0 Å². The van der Waals surface area contributed by atoms with E-state index in [0.717, 1.165) is 94.6 Å². The van der Waals surface area contributed by atoms with E-state index in [1.807, 2.05) is 75.9 Å². The first kappa shape index (κ1) is 67.9. The number of para-hydroxylation sites is 2. The third kappa shape index (κ3) is 12.6. The van der Waals surface area contributed by atoms with Crippen molar-refractivity contribution in [2.75, 3.05) is 16.0 Å². The molecule has 18 aromatic carbocycles. The van der Waals surface area contributed by atoms with Gasteiger partial charge in [-0.25, -0.2) is 4.98 Å². The van der Waals surface area contributed by atoms with Crippen molar-refractivity contribution in [1.82, 2.24) is 4.98 Å². The van der Waals surface area contributed by atoms with Crippen LogP contribution in [0.1, 0.15) is 0 Å². The predicted molar refractivity (Wildman–Crippen MR) is 497 cm³/mol. The van der Waals surface area contributed by atoms with Gasteiger partial charge in [-0.05, 0) is 182 Å². The molecular formula is C105H66N4O2S4. The van der Waals surface area contributed by atoms with Crippen LogP contribution in [0.25, 0.3) is 192 Å². The minimum absolute atomic E-state index is 0.901. The van der Waals surface area contributed by atoms with Gasteiger partial charge in [0.1, 0.15) is 22.3 Å². The number of thiophene rings is 3. The van der Waals surface area contributed by atoms with E-state index in [1.165, 1.54) is 131 Å². The van der Waals surface area contributed by atoms with Gasteiger partial charge in [0.25, 0.3) is 0 Å². The number of anilines is 6. The summed E-state index contributed by atoms with van der Waals surface area (Å²) in [5, 5.41) is 28.5. The Bertz CT molecular complexity index is 7900. The summed E-state index contributed by atoms with van der Waals surface area (Å²) in [6.45, 7) is 0. The maximum Gasteiger partial charge on any atom is 0.143 e. The van der Waals surface area contributed by atoms with Gasteiger partial charge >= 0.3 is 0 Å². The van der Waals surface area contributed by atoms with Gasteiger partial charge in [-0.15, -0.1) is 45.3 Å². The maximum atomic E-state index is 6.42. The zero-order valence-corrected chi connectivity index (χ0v) is 65.0. The lowest BCUT2D eigenvalue weighted by molar-refractivity contribution is 0.669. The molecule has 6 nitrogen and oxygen atoms in total. The molecule has 6 aromatic heterocycles. The fraction of sp³-hybridized carbons (Fsp3) is 0. The molecule has 0 unspecified atom stereocenters. The lowest BCUT2D eigenvalue weighted by atomic mass is 9.95. The van der Waals surface area contributed by atoms with Crippen molar-refractivity contribution in [1.29, 1.82) is 0 Å². The number of hydrogen-bond donors (Lipinski definition) is 3. The van der Waals surface area contributed by atoms with Crippen molar-refractivity contribution in [3.05, 3.63) is 382 Å². The van der Waals surface area contributed by atoms with E-state index in [0.29, 0.717) is 0 Å². The van der Waals surface area contributed by atoms with Gasteiger partial charge < -0.3 is 24.8 Å². The Hall–Kier alpha value is -14.0. The van der Waals surface area contributed by atoms with Gasteiger partial charge in [0.2, 0.25) is 0 Å². The number of hydrogen-bond acceptors (Lipinski definition) is 10. The monoisotopic (exact) mass is 1540 g/mol. The quantitative estimate of drug-likeness (QED) is 0.120. The Labute approximate surface area is 677 Å². The van der Waals surface area contributed by atoms with E-state index in [1.54, 1.807) is 11.3 Å². The molecule has 0 spiro atoms. The van der Waals surface area contributed by atoms with Crippen LogP contribution in [0.15, 0.2) is 390 Å². The van der Waals surface area contributed by atoms with Gasteiger partial charge in [-0.3, -0.25) is 0 Å². The van der Waals surface area contributed by atoms with Crippen LogP contribution in [0.5, 0.6) is 0 Å². The third-order valence-corrected chi connectivity index (χ3v) is 26.5. The number of aromatic nitrogens is 1. The summed E-state index contributed by atoms with van der Waals surface area (Å²) in [6.07, 6.45) is 0. The molecule has 0 fully saturated rings. The van der Waals surface area contributed by atoms with E-state index in [4.69, 9.17) is 8.83 Å². The summed E-state index contributed by atoms with van der Waals surface area (Å²) in [5.41, 5.74) is 25.0. The highest BCUT2D eigenvalue weighted by Gasteiger charge is 2.21. The molecule has 0 saturated heterocycles. The molecule has 24 aromatic rings. The zero-order chi connectivity index (χ0) is 75.9. The highest BCUT2D eigenvalue weighted by molar-refractivity contribution is 7.27. The Morgan fingerprint density at radius 3 is 1.54 bits per heavy atom. The lowest BCUT2D eigenvalue weighted by Gasteiger charge is -2.16. The third-order valence-electron chi connectivity index (χ3n) is 22.1. The second kappa shape index (κ2) is 28.7. The van der Waals surface area contributed by atoms with E-state index in [-0.39, 0.29) is 0 Å². The van der Waals surface area contributed by atoms with E-state index >= 15 is 0 Å². The van der Waals surface area contributed by atoms with Crippen LogP contribution in [0.4, 0.5) is 34.1 Å². The topological polar surface area (TPSA) is 75.3 Å². The number of rotatable bonds is 11. The average Bonchev–Trinajstić information content (AvgIpc) is 1.64. The smallest absolute Gasteiger partial charge is 0.143 e. The first-order valence-electron chi connectivity index (χ1n) is 38.5. The zero-order valence-electron chi connectivity index (χ0n) is 61.8. The fourth-order valence-corrected chi connectivity index (χ4v) is 20.8. The Morgan fingerprint density at radius 2 is 0.757 bits per heavy atom. The van der Waals surface area contributed by atoms with Crippen molar-refractivity contribution in [2.45, 2.75) is 0 Å². The molecule has 0 aliphatic heterocycles. The standard InChI is InChI=1S/C38H25NS.C36H23NOS.C31H18N2OS2/c1-2-10-28-24-29(17-16-25(28)8-1)26-18-20-30(21-19-26)39-35-23-22-34-32-13-5-6-15-36(32)40-38(34)37(35)33-14-7-11-27-9-3-4-12-31(27)33;1-2-8-23(9-3-1)24-14-16-25(17-15-24)31-20-27(21-32-28-10-4-6-12-33(28)38-36(31)32)37-26-18-19-30-29-11-5-7-13-34(29)39-35(30)22-26;1-3-7-27-21(5-1)24-14-19(10-11-28(24)34-27)33-20-15-23(18-9-12-30-26(13-18)32-17-35-30)31-25(16-20)22-6-2-4-8-29(22)36-31/h1-24,39H;1-22,37H;1-17,33H. The van der Waals surface area contributed by atoms with Crippen LogP contribution in [0, 0.1) is 0 Å². The summed E-state index contributed by atoms with van der Waals surface area (Å²) in [5.74, 6) is 0. The largest absolute Gasteiger partial charge is 0.456 e. The Kier molecular flexibility index (Phi) is 16.9. The lowest BCUT2D eigenvalue weighted by Crippen LogP contribution is -1.94. The summed E-state index contributed by atoms with van der Waals surface area (Å²) in [6, 6.07) is 134.